The van der Waals surface area contributed by atoms with E-state index in [1.165, 1.54) is 0 Å². The molecule has 0 aromatic carbocycles. The zero-order valence-electron chi connectivity index (χ0n) is 5.96. The van der Waals surface area contributed by atoms with Crippen molar-refractivity contribution in [1.82, 2.24) is 4.98 Å². The number of alkyl halides is 1. The van der Waals surface area contributed by atoms with E-state index in [9.17, 15) is 0 Å². The van der Waals surface area contributed by atoms with Gasteiger partial charge in [-0.05, 0) is 17.2 Å². The highest BCUT2D eigenvalue weighted by Crippen LogP contribution is 2.28. The summed E-state index contributed by atoms with van der Waals surface area (Å²) >= 11 is 5.98. The minimum absolute atomic E-state index is 0.0209. The third-order valence-corrected chi connectivity index (χ3v) is 2.17. The van der Waals surface area contributed by atoms with E-state index in [4.69, 9.17) is 16.3 Å². The Morgan fingerprint density at radius 3 is 3.36 bits per heavy atom. The van der Waals surface area contributed by atoms with E-state index in [0.717, 1.165) is 11.1 Å². The first-order valence-electron chi connectivity index (χ1n) is 3.52. The predicted octanol–water partition coefficient (Wildman–Crippen LogP) is 1.89. The Morgan fingerprint density at radius 1 is 1.64 bits per heavy atom. The van der Waals surface area contributed by atoms with Crippen LogP contribution >= 0.6 is 11.6 Å². The van der Waals surface area contributed by atoms with E-state index in [1.54, 1.807) is 6.20 Å². The summed E-state index contributed by atoms with van der Waals surface area (Å²) in [6.45, 7) is 1.27. The normalized spacial score (nSPS) is 22.8. The largest absolute Gasteiger partial charge is 0.375 e. The van der Waals surface area contributed by atoms with Crippen LogP contribution in [0.2, 0.25) is 0 Å². The van der Waals surface area contributed by atoms with Crippen molar-refractivity contribution >= 4 is 11.6 Å². The van der Waals surface area contributed by atoms with E-state index in [2.05, 4.69) is 4.98 Å². The van der Waals surface area contributed by atoms with Gasteiger partial charge in [0.25, 0.3) is 0 Å². The number of aromatic nitrogens is 1. The molecule has 2 nitrogen and oxygen atoms in total. The van der Waals surface area contributed by atoms with Crippen molar-refractivity contribution in [3.05, 3.63) is 29.6 Å². The quantitative estimate of drug-likeness (QED) is 0.554. The molecule has 1 unspecified atom stereocenters. The van der Waals surface area contributed by atoms with Crippen molar-refractivity contribution in [3.8, 4) is 0 Å². The smallest absolute Gasteiger partial charge is 0.0837 e. The SMILES string of the molecule is ClC1COCc2ccncc21. The summed E-state index contributed by atoms with van der Waals surface area (Å²) in [6, 6.07) is 1.95. The molecule has 11 heavy (non-hydrogen) atoms. The van der Waals surface area contributed by atoms with Gasteiger partial charge in [0.05, 0.1) is 18.6 Å². The predicted molar refractivity (Wildman–Crippen MR) is 42.5 cm³/mol. The number of ether oxygens (including phenoxy) is 1. The lowest BCUT2D eigenvalue weighted by Crippen LogP contribution is -2.12. The Morgan fingerprint density at radius 2 is 2.55 bits per heavy atom. The van der Waals surface area contributed by atoms with Gasteiger partial charge in [0.1, 0.15) is 0 Å². The summed E-state index contributed by atoms with van der Waals surface area (Å²) in [5.41, 5.74) is 2.27. The molecule has 0 radical (unpaired) electrons. The van der Waals surface area contributed by atoms with Crippen LogP contribution in [0.1, 0.15) is 16.5 Å². The molecule has 3 heteroatoms. The third-order valence-electron chi connectivity index (χ3n) is 1.81. The van der Waals surface area contributed by atoms with E-state index < -0.39 is 0 Å². The Hall–Kier alpha value is -0.600. The van der Waals surface area contributed by atoms with E-state index in [-0.39, 0.29) is 5.38 Å². The summed E-state index contributed by atoms with van der Waals surface area (Å²) in [7, 11) is 0. The average Bonchev–Trinajstić information content (AvgIpc) is 2.06. The molecule has 1 aromatic heterocycles. The fourth-order valence-corrected chi connectivity index (χ4v) is 1.50. The minimum atomic E-state index is -0.0209. The summed E-state index contributed by atoms with van der Waals surface area (Å²) in [5, 5.41) is -0.0209. The van der Waals surface area contributed by atoms with Gasteiger partial charge >= 0.3 is 0 Å². The van der Waals surface area contributed by atoms with Crippen LogP contribution in [0.3, 0.4) is 0 Å². The molecule has 58 valence electrons. The molecular weight excluding hydrogens is 162 g/mol. The van der Waals surface area contributed by atoms with Gasteiger partial charge in [0.2, 0.25) is 0 Å². The topological polar surface area (TPSA) is 22.1 Å². The highest BCUT2D eigenvalue weighted by molar-refractivity contribution is 6.21. The molecule has 0 amide bonds. The monoisotopic (exact) mass is 169 g/mol. The lowest BCUT2D eigenvalue weighted by atomic mass is 10.1. The summed E-state index contributed by atoms with van der Waals surface area (Å²) in [6.07, 6.45) is 3.58. The number of rotatable bonds is 0. The molecule has 1 aliphatic rings. The Labute approximate surface area is 70.2 Å². The molecule has 1 aliphatic heterocycles. The maximum Gasteiger partial charge on any atom is 0.0837 e. The van der Waals surface area contributed by atoms with Crippen LogP contribution < -0.4 is 0 Å². The molecule has 1 aromatic rings. The van der Waals surface area contributed by atoms with E-state index in [1.807, 2.05) is 12.3 Å². The molecule has 0 aliphatic carbocycles. The lowest BCUT2D eigenvalue weighted by molar-refractivity contribution is 0.107. The molecule has 2 heterocycles. The van der Waals surface area contributed by atoms with Crippen molar-refractivity contribution in [3.63, 3.8) is 0 Å². The van der Waals surface area contributed by atoms with Gasteiger partial charge < -0.3 is 4.74 Å². The standard InChI is InChI=1S/C8H8ClNO/c9-8-5-11-4-6-1-2-10-3-7(6)8/h1-3,8H,4-5H2. The number of pyridine rings is 1. The Bertz CT molecular complexity index is 264. The highest BCUT2D eigenvalue weighted by Gasteiger charge is 2.17. The first kappa shape index (κ1) is 7.07. The zero-order valence-corrected chi connectivity index (χ0v) is 6.71. The summed E-state index contributed by atoms with van der Waals surface area (Å²) in [4.78, 5) is 4.01. The number of hydrogen-bond acceptors (Lipinski definition) is 2. The average molecular weight is 170 g/mol. The van der Waals surface area contributed by atoms with Gasteiger partial charge in [0.15, 0.2) is 0 Å². The molecule has 0 bridgehead atoms. The van der Waals surface area contributed by atoms with Gasteiger partial charge in [-0.2, -0.15) is 0 Å². The maximum absolute atomic E-state index is 5.98. The fraction of sp³-hybridized carbons (Fsp3) is 0.375. The third kappa shape index (κ3) is 1.24. The Balaban J connectivity index is 2.44. The van der Waals surface area contributed by atoms with Gasteiger partial charge in [-0.15, -0.1) is 11.6 Å². The minimum Gasteiger partial charge on any atom is -0.375 e. The summed E-state index contributed by atoms with van der Waals surface area (Å²) < 4.78 is 5.25. The number of nitrogens with zero attached hydrogens (tertiary/aromatic N) is 1. The van der Waals surface area contributed by atoms with Gasteiger partial charge in [-0.25, -0.2) is 0 Å². The number of halogens is 1. The summed E-state index contributed by atoms with van der Waals surface area (Å²) in [5.74, 6) is 0. The highest BCUT2D eigenvalue weighted by atomic mass is 35.5. The van der Waals surface area contributed by atoms with Crippen LogP contribution in [0, 0.1) is 0 Å². The number of fused-ring (bicyclic) bond motifs is 1. The Kier molecular flexibility index (Phi) is 1.80. The lowest BCUT2D eigenvalue weighted by Gasteiger charge is -2.19. The van der Waals surface area contributed by atoms with Crippen molar-refractivity contribution in [2.24, 2.45) is 0 Å². The van der Waals surface area contributed by atoms with Gasteiger partial charge in [-0.1, -0.05) is 0 Å². The second kappa shape index (κ2) is 2.80. The number of hydrogen-bond donors (Lipinski definition) is 0. The van der Waals surface area contributed by atoms with Crippen LogP contribution in [-0.2, 0) is 11.3 Å². The molecule has 0 saturated heterocycles. The zero-order chi connectivity index (χ0) is 7.68. The van der Waals surface area contributed by atoms with Crippen molar-refractivity contribution in [2.45, 2.75) is 12.0 Å². The molecule has 0 saturated carbocycles. The molecular formula is C8H8ClNO. The van der Waals surface area contributed by atoms with Gasteiger partial charge in [0, 0.05) is 12.4 Å². The van der Waals surface area contributed by atoms with Crippen LogP contribution in [0.15, 0.2) is 18.5 Å². The second-order valence-electron chi connectivity index (χ2n) is 2.56. The van der Waals surface area contributed by atoms with E-state index in [0.29, 0.717) is 13.2 Å². The first-order valence-corrected chi connectivity index (χ1v) is 3.96. The van der Waals surface area contributed by atoms with Crippen molar-refractivity contribution in [2.75, 3.05) is 6.61 Å². The second-order valence-corrected chi connectivity index (χ2v) is 3.08. The van der Waals surface area contributed by atoms with Crippen molar-refractivity contribution in [1.29, 1.82) is 0 Å². The molecule has 0 fully saturated rings. The van der Waals surface area contributed by atoms with E-state index >= 15 is 0 Å². The molecule has 0 N–H and O–H groups in total. The van der Waals surface area contributed by atoms with Crippen LogP contribution in [0.5, 0.6) is 0 Å². The molecule has 0 spiro atoms. The van der Waals surface area contributed by atoms with Crippen LogP contribution in [-0.4, -0.2) is 11.6 Å². The van der Waals surface area contributed by atoms with Gasteiger partial charge in [-0.3, -0.25) is 4.98 Å². The molecule has 1 atom stereocenters. The maximum atomic E-state index is 5.98. The fourth-order valence-electron chi connectivity index (χ4n) is 1.21. The van der Waals surface area contributed by atoms with Crippen LogP contribution in [0.4, 0.5) is 0 Å². The molecule has 2 rings (SSSR count). The first-order chi connectivity index (χ1) is 5.38. The van der Waals surface area contributed by atoms with Crippen LogP contribution in [0.25, 0.3) is 0 Å². The van der Waals surface area contributed by atoms with Crippen molar-refractivity contribution < 1.29 is 4.74 Å².